The maximum Gasteiger partial charge on any atom is 0.252 e. The van der Waals surface area contributed by atoms with Crippen LogP contribution in [-0.4, -0.2) is 31.5 Å². The van der Waals surface area contributed by atoms with Crippen molar-refractivity contribution in [1.29, 1.82) is 0 Å². The van der Waals surface area contributed by atoms with E-state index in [1.54, 1.807) is 0 Å². The number of hydrogen-bond donors (Lipinski definition) is 1. The Bertz CT molecular complexity index is 388. The van der Waals surface area contributed by atoms with Crippen LogP contribution in [0.3, 0.4) is 0 Å². The second-order valence-electron chi connectivity index (χ2n) is 3.18. The molecule has 0 aromatic heterocycles. The van der Waals surface area contributed by atoms with Gasteiger partial charge < -0.3 is 10.1 Å². The fraction of sp³-hybridized carbons (Fsp3) is 0.364. The highest BCUT2D eigenvalue weighted by atomic mass is 35.5. The van der Waals surface area contributed by atoms with Gasteiger partial charge >= 0.3 is 0 Å². The van der Waals surface area contributed by atoms with Crippen molar-refractivity contribution in [3.8, 4) is 0 Å². The first-order valence-electron chi connectivity index (χ1n) is 5.02. The van der Waals surface area contributed by atoms with Crippen LogP contribution in [0.4, 0.5) is 4.39 Å². The van der Waals surface area contributed by atoms with Gasteiger partial charge in [-0.25, -0.2) is 4.39 Å². The van der Waals surface area contributed by atoms with Gasteiger partial charge in [0.1, 0.15) is 5.82 Å². The molecule has 0 heterocycles. The zero-order valence-corrected chi connectivity index (χ0v) is 10.5. The SMILES string of the molecule is O=C(NCCOCCCl)c1ccc(F)cc1Cl. The standard InChI is InChI=1S/C11H12Cl2FNO2/c12-3-5-17-6-4-15-11(16)9-2-1-8(14)7-10(9)13/h1-2,7H,3-6H2,(H,15,16). The topological polar surface area (TPSA) is 38.3 Å². The molecule has 1 aromatic rings. The number of nitrogens with one attached hydrogen (secondary N) is 1. The number of hydrogen-bond acceptors (Lipinski definition) is 2. The van der Waals surface area contributed by atoms with Gasteiger partial charge in [0.2, 0.25) is 0 Å². The molecule has 1 N–H and O–H groups in total. The molecule has 0 aliphatic rings. The molecule has 0 fully saturated rings. The summed E-state index contributed by atoms with van der Waals surface area (Å²) >= 11 is 11.1. The van der Waals surface area contributed by atoms with E-state index in [2.05, 4.69) is 5.32 Å². The van der Waals surface area contributed by atoms with Gasteiger partial charge in [-0.3, -0.25) is 4.79 Å². The lowest BCUT2D eigenvalue weighted by atomic mass is 10.2. The third-order valence-corrected chi connectivity index (χ3v) is 2.40. The van der Waals surface area contributed by atoms with E-state index in [9.17, 15) is 9.18 Å². The van der Waals surface area contributed by atoms with E-state index in [0.717, 1.165) is 6.07 Å². The molecule has 0 atom stereocenters. The van der Waals surface area contributed by atoms with Crippen molar-refractivity contribution in [2.24, 2.45) is 0 Å². The van der Waals surface area contributed by atoms with Crippen molar-refractivity contribution in [3.05, 3.63) is 34.6 Å². The lowest BCUT2D eigenvalue weighted by Crippen LogP contribution is -2.27. The summed E-state index contributed by atoms with van der Waals surface area (Å²) in [4.78, 5) is 11.6. The summed E-state index contributed by atoms with van der Waals surface area (Å²) in [6, 6.07) is 3.62. The van der Waals surface area contributed by atoms with Crippen molar-refractivity contribution in [1.82, 2.24) is 5.32 Å². The molecular weight excluding hydrogens is 268 g/mol. The van der Waals surface area contributed by atoms with Crippen molar-refractivity contribution >= 4 is 29.1 Å². The van der Waals surface area contributed by atoms with Crippen LogP contribution < -0.4 is 5.32 Å². The van der Waals surface area contributed by atoms with Crippen LogP contribution >= 0.6 is 23.2 Å². The first-order valence-corrected chi connectivity index (χ1v) is 5.93. The van der Waals surface area contributed by atoms with Gasteiger partial charge in [0, 0.05) is 12.4 Å². The summed E-state index contributed by atoms with van der Waals surface area (Å²) in [6.45, 7) is 1.16. The van der Waals surface area contributed by atoms with Crippen LogP contribution in [0.1, 0.15) is 10.4 Å². The molecule has 0 saturated carbocycles. The summed E-state index contributed by atoms with van der Waals surface area (Å²) in [6.07, 6.45) is 0. The Morgan fingerprint density at radius 1 is 1.41 bits per heavy atom. The predicted molar refractivity (Wildman–Crippen MR) is 65.3 cm³/mol. The maximum atomic E-state index is 12.8. The van der Waals surface area contributed by atoms with E-state index in [0.29, 0.717) is 25.6 Å². The van der Waals surface area contributed by atoms with Crippen LogP contribution in [0, 0.1) is 5.82 Å². The monoisotopic (exact) mass is 279 g/mol. The highest BCUT2D eigenvalue weighted by Crippen LogP contribution is 2.16. The molecule has 0 aliphatic heterocycles. The Morgan fingerprint density at radius 3 is 2.82 bits per heavy atom. The summed E-state index contributed by atoms with van der Waals surface area (Å²) in [5.74, 6) is -0.418. The summed E-state index contributed by atoms with van der Waals surface area (Å²) in [5.41, 5.74) is 0.241. The molecule has 0 bridgehead atoms. The normalized spacial score (nSPS) is 10.3. The van der Waals surface area contributed by atoms with Crippen molar-refractivity contribution in [2.45, 2.75) is 0 Å². The Morgan fingerprint density at radius 2 is 2.18 bits per heavy atom. The van der Waals surface area contributed by atoms with Gasteiger partial charge in [0.25, 0.3) is 5.91 Å². The highest BCUT2D eigenvalue weighted by molar-refractivity contribution is 6.33. The third kappa shape index (κ3) is 4.89. The van der Waals surface area contributed by atoms with E-state index in [-0.39, 0.29) is 16.5 Å². The van der Waals surface area contributed by atoms with Crippen LogP contribution in [0.15, 0.2) is 18.2 Å². The molecule has 0 unspecified atom stereocenters. The van der Waals surface area contributed by atoms with Gasteiger partial charge in [-0.1, -0.05) is 11.6 Å². The predicted octanol–water partition coefficient (Wildman–Crippen LogP) is 2.46. The lowest BCUT2D eigenvalue weighted by molar-refractivity contribution is 0.0923. The van der Waals surface area contributed by atoms with E-state index in [4.69, 9.17) is 27.9 Å². The van der Waals surface area contributed by atoms with E-state index >= 15 is 0 Å². The zero-order chi connectivity index (χ0) is 12.7. The molecule has 17 heavy (non-hydrogen) atoms. The molecule has 6 heteroatoms. The fourth-order valence-electron chi connectivity index (χ4n) is 1.16. The molecule has 94 valence electrons. The van der Waals surface area contributed by atoms with Crippen molar-refractivity contribution in [3.63, 3.8) is 0 Å². The minimum atomic E-state index is -0.475. The number of alkyl halides is 1. The molecular formula is C11H12Cl2FNO2. The number of carbonyl (C=O) groups is 1. The Hall–Kier alpha value is -0.840. The van der Waals surface area contributed by atoms with E-state index < -0.39 is 5.82 Å². The van der Waals surface area contributed by atoms with Crippen LogP contribution in [0.5, 0.6) is 0 Å². The molecule has 0 saturated heterocycles. The molecule has 1 aromatic carbocycles. The van der Waals surface area contributed by atoms with Crippen LogP contribution in [-0.2, 0) is 4.74 Å². The van der Waals surface area contributed by atoms with Gasteiger partial charge in [0.15, 0.2) is 0 Å². The molecule has 1 amide bonds. The van der Waals surface area contributed by atoms with E-state index in [1.165, 1.54) is 12.1 Å². The lowest BCUT2D eigenvalue weighted by Gasteiger charge is -2.06. The second-order valence-corrected chi connectivity index (χ2v) is 3.97. The first kappa shape index (κ1) is 14.2. The zero-order valence-electron chi connectivity index (χ0n) is 9.01. The minimum Gasteiger partial charge on any atom is -0.378 e. The Balaban J connectivity index is 2.42. The molecule has 0 aliphatic carbocycles. The quantitative estimate of drug-likeness (QED) is 0.642. The summed E-state index contributed by atoms with van der Waals surface area (Å²) in [7, 11) is 0. The average molecular weight is 280 g/mol. The first-order chi connectivity index (χ1) is 8.15. The molecule has 3 nitrogen and oxygen atoms in total. The van der Waals surface area contributed by atoms with Crippen LogP contribution in [0.2, 0.25) is 5.02 Å². The number of amides is 1. The molecule has 1 rings (SSSR count). The molecule has 0 spiro atoms. The van der Waals surface area contributed by atoms with Crippen molar-refractivity contribution in [2.75, 3.05) is 25.6 Å². The Labute approximate surface area is 109 Å². The number of benzene rings is 1. The smallest absolute Gasteiger partial charge is 0.252 e. The third-order valence-electron chi connectivity index (χ3n) is 1.93. The number of rotatable bonds is 6. The number of ether oxygens (including phenoxy) is 1. The van der Waals surface area contributed by atoms with Gasteiger partial charge in [0.05, 0.1) is 23.8 Å². The van der Waals surface area contributed by atoms with Gasteiger partial charge in [-0.05, 0) is 18.2 Å². The van der Waals surface area contributed by atoms with Gasteiger partial charge in [-0.15, -0.1) is 11.6 Å². The van der Waals surface area contributed by atoms with Crippen molar-refractivity contribution < 1.29 is 13.9 Å². The Kier molecular flexibility index (Phi) is 6.26. The average Bonchev–Trinajstić information content (AvgIpc) is 2.28. The molecule has 0 radical (unpaired) electrons. The minimum absolute atomic E-state index is 0.0872. The van der Waals surface area contributed by atoms with Gasteiger partial charge in [-0.2, -0.15) is 0 Å². The second kappa shape index (κ2) is 7.48. The summed E-state index contributed by atoms with van der Waals surface area (Å²) in [5, 5.41) is 2.69. The summed E-state index contributed by atoms with van der Waals surface area (Å²) < 4.78 is 17.8. The largest absolute Gasteiger partial charge is 0.378 e. The van der Waals surface area contributed by atoms with E-state index in [1.807, 2.05) is 0 Å². The van der Waals surface area contributed by atoms with Crippen LogP contribution in [0.25, 0.3) is 0 Å². The fourth-order valence-corrected chi connectivity index (χ4v) is 1.52. The number of halogens is 3. The number of carbonyl (C=O) groups excluding carboxylic acids is 1. The highest BCUT2D eigenvalue weighted by Gasteiger charge is 2.10. The maximum absolute atomic E-state index is 12.8.